The number of amides is 1. The lowest BCUT2D eigenvalue weighted by Crippen LogP contribution is -2.20. The second kappa shape index (κ2) is 7.04. The summed E-state index contributed by atoms with van der Waals surface area (Å²) >= 11 is 0. The Kier molecular flexibility index (Phi) is 5.12. The number of aliphatic hydroxyl groups is 1. The smallest absolute Gasteiger partial charge is 0.231 e. The van der Waals surface area contributed by atoms with Crippen LogP contribution in [0.1, 0.15) is 43.4 Å². The van der Waals surface area contributed by atoms with Crippen LogP contribution in [-0.4, -0.2) is 11.0 Å². The molecule has 0 saturated heterocycles. The maximum Gasteiger partial charge on any atom is 0.231 e. The van der Waals surface area contributed by atoms with E-state index in [-0.39, 0.29) is 11.8 Å². The molecule has 21 heavy (non-hydrogen) atoms. The van der Waals surface area contributed by atoms with Crippen LogP contribution in [-0.2, 0) is 4.79 Å². The summed E-state index contributed by atoms with van der Waals surface area (Å²) < 4.78 is 0. The van der Waals surface area contributed by atoms with E-state index in [2.05, 4.69) is 5.32 Å². The van der Waals surface area contributed by atoms with Crippen molar-refractivity contribution >= 4 is 11.6 Å². The van der Waals surface area contributed by atoms with Gasteiger partial charge in [-0.1, -0.05) is 49.4 Å². The highest BCUT2D eigenvalue weighted by molar-refractivity contribution is 5.95. The lowest BCUT2D eigenvalue weighted by Gasteiger charge is -2.16. The quantitative estimate of drug-likeness (QED) is 0.875. The molecular formula is C18H21NO2. The Morgan fingerprint density at radius 3 is 2.38 bits per heavy atom. The van der Waals surface area contributed by atoms with Gasteiger partial charge >= 0.3 is 0 Å². The van der Waals surface area contributed by atoms with Gasteiger partial charge in [0.15, 0.2) is 0 Å². The van der Waals surface area contributed by atoms with E-state index in [1.807, 2.05) is 55.5 Å². The van der Waals surface area contributed by atoms with Crippen LogP contribution >= 0.6 is 0 Å². The Hall–Kier alpha value is -2.13. The second-order valence-corrected chi connectivity index (χ2v) is 5.16. The molecule has 110 valence electrons. The maximum absolute atomic E-state index is 12.5. The number of rotatable bonds is 5. The average molecular weight is 283 g/mol. The molecule has 0 saturated carbocycles. The third kappa shape index (κ3) is 3.92. The van der Waals surface area contributed by atoms with Crippen LogP contribution < -0.4 is 5.32 Å². The van der Waals surface area contributed by atoms with Gasteiger partial charge < -0.3 is 10.4 Å². The van der Waals surface area contributed by atoms with E-state index in [1.165, 1.54) is 0 Å². The summed E-state index contributed by atoms with van der Waals surface area (Å²) in [5, 5.41) is 12.5. The summed E-state index contributed by atoms with van der Waals surface area (Å²) in [5.41, 5.74) is 2.53. The Morgan fingerprint density at radius 2 is 1.76 bits per heavy atom. The number of nitrogens with one attached hydrogen (secondary N) is 1. The van der Waals surface area contributed by atoms with Crippen molar-refractivity contribution in [3.05, 3.63) is 65.7 Å². The van der Waals surface area contributed by atoms with E-state index in [0.717, 1.165) is 17.5 Å². The predicted octanol–water partition coefficient (Wildman–Crippen LogP) is 3.87. The summed E-state index contributed by atoms with van der Waals surface area (Å²) in [4.78, 5) is 12.5. The van der Waals surface area contributed by atoms with Crippen molar-refractivity contribution in [2.75, 3.05) is 5.32 Å². The Balaban J connectivity index is 2.15. The van der Waals surface area contributed by atoms with Crippen LogP contribution in [0.25, 0.3) is 0 Å². The van der Waals surface area contributed by atoms with Gasteiger partial charge in [0, 0.05) is 5.69 Å². The topological polar surface area (TPSA) is 49.3 Å². The molecule has 3 heteroatoms. The fraction of sp³-hybridized carbons (Fsp3) is 0.278. The minimum absolute atomic E-state index is 0.0218. The zero-order chi connectivity index (χ0) is 15.2. The van der Waals surface area contributed by atoms with E-state index in [4.69, 9.17) is 0 Å². The van der Waals surface area contributed by atoms with Crippen molar-refractivity contribution in [1.82, 2.24) is 0 Å². The van der Waals surface area contributed by atoms with Crippen LogP contribution in [0, 0.1) is 0 Å². The predicted molar refractivity (Wildman–Crippen MR) is 85.2 cm³/mol. The molecule has 0 aliphatic rings. The Morgan fingerprint density at radius 1 is 1.10 bits per heavy atom. The van der Waals surface area contributed by atoms with E-state index in [9.17, 15) is 9.90 Å². The summed E-state index contributed by atoms with van der Waals surface area (Å²) in [6.45, 7) is 3.71. The minimum atomic E-state index is -0.544. The van der Waals surface area contributed by atoms with Crippen molar-refractivity contribution in [3.8, 4) is 0 Å². The first-order valence-corrected chi connectivity index (χ1v) is 7.25. The fourth-order valence-electron chi connectivity index (χ4n) is 2.36. The Bertz CT molecular complexity index is 593. The van der Waals surface area contributed by atoms with Gasteiger partial charge in [-0.25, -0.2) is 0 Å². The molecule has 2 aromatic rings. The molecule has 2 atom stereocenters. The number of hydrogen-bond acceptors (Lipinski definition) is 2. The Labute approximate surface area is 125 Å². The molecule has 0 spiro atoms. The molecule has 0 heterocycles. The SMILES string of the molecule is CCC(C(=O)Nc1cccc(C(C)O)c1)c1ccccc1. The summed E-state index contributed by atoms with van der Waals surface area (Å²) in [6, 6.07) is 17.1. The van der Waals surface area contributed by atoms with Crippen LogP contribution in [0.15, 0.2) is 54.6 Å². The average Bonchev–Trinajstić information content (AvgIpc) is 2.49. The molecule has 2 rings (SSSR count). The molecular weight excluding hydrogens is 262 g/mol. The second-order valence-electron chi connectivity index (χ2n) is 5.16. The van der Waals surface area contributed by atoms with Gasteiger partial charge in [0.25, 0.3) is 0 Å². The molecule has 2 N–H and O–H groups in total. The number of benzene rings is 2. The molecule has 0 aromatic heterocycles. The summed E-state index contributed by atoms with van der Waals surface area (Å²) in [6.07, 6.45) is 0.198. The van der Waals surface area contributed by atoms with Crippen molar-refractivity contribution in [2.45, 2.75) is 32.3 Å². The van der Waals surface area contributed by atoms with Crippen molar-refractivity contribution in [2.24, 2.45) is 0 Å². The van der Waals surface area contributed by atoms with Crippen LogP contribution in [0.4, 0.5) is 5.69 Å². The van der Waals surface area contributed by atoms with Crippen LogP contribution in [0.5, 0.6) is 0 Å². The van der Waals surface area contributed by atoms with Gasteiger partial charge in [-0.2, -0.15) is 0 Å². The van der Waals surface area contributed by atoms with E-state index in [1.54, 1.807) is 13.0 Å². The van der Waals surface area contributed by atoms with Gasteiger partial charge in [0.1, 0.15) is 0 Å². The van der Waals surface area contributed by atoms with Gasteiger partial charge in [-0.15, -0.1) is 0 Å². The van der Waals surface area contributed by atoms with Gasteiger partial charge in [-0.3, -0.25) is 4.79 Å². The van der Waals surface area contributed by atoms with Crippen LogP contribution in [0.2, 0.25) is 0 Å². The molecule has 0 aliphatic heterocycles. The molecule has 1 amide bonds. The lowest BCUT2D eigenvalue weighted by atomic mass is 9.95. The largest absolute Gasteiger partial charge is 0.389 e. The van der Waals surface area contributed by atoms with Crippen molar-refractivity contribution in [1.29, 1.82) is 0 Å². The first-order valence-electron chi connectivity index (χ1n) is 7.25. The number of aliphatic hydroxyl groups excluding tert-OH is 1. The van der Waals surface area contributed by atoms with E-state index >= 15 is 0 Å². The number of carbonyl (C=O) groups excluding carboxylic acids is 1. The summed E-state index contributed by atoms with van der Waals surface area (Å²) in [5.74, 6) is -0.187. The van der Waals surface area contributed by atoms with E-state index in [0.29, 0.717) is 5.69 Å². The molecule has 2 unspecified atom stereocenters. The highest BCUT2D eigenvalue weighted by Gasteiger charge is 2.18. The number of hydrogen-bond donors (Lipinski definition) is 2. The highest BCUT2D eigenvalue weighted by atomic mass is 16.3. The van der Waals surface area contributed by atoms with Crippen molar-refractivity contribution in [3.63, 3.8) is 0 Å². The molecule has 2 aromatic carbocycles. The van der Waals surface area contributed by atoms with Gasteiger partial charge in [0.05, 0.1) is 12.0 Å². The highest BCUT2D eigenvalue weighted by Crippen LogP contribution is 2.23. The number of anilines is 1. The maximum atomic E-state index is 12.5. The number of carbonyl (C=O) groups is 1. The zero-order valence-corrected chi connectivity index (χ0v) is 12.4. The van der Waals surface area contributed by atoms with Gasteiger partial charge in [0.2, 0.25) is 5.91 Å². The standard InChI is InChI=1S/C18H21NO2/c1-3-17(14-8-5-4-6-9-14)18(21)19-16-11-7-10-15(12-16)13(2)20/h4-13,17,20H,3H2,1-2H3,(H,19,21). The molecule has 0 bridgehead atoms. The summed E-state index contributed by atoms with van der Waals surface area (Å²) in [7, 11) is 0. The monoisotopic (exact) mass is 283 g/mol. The van der Waals surface area contributed by atoms with Crippen LogP contribution in [0.3, 0.4) is 0 Å². The minimum Gasteiger partial charge on any atom is -0.389 e. The van der Waals surface area contributed by atoms with Gasteiger partial charge in [-0.05, 0) is 36.6 Å². The first-order chi connectivity index (χ1) is 10.1. The fourth-order valence-corrected chi connectivity index (χ4v) is 2.36. The normalized spacial score (nSPS) is 13.5. The molecule has 0 aliphatic carbocycles. The third-order valence-electron chi connectivity index (χ3n) is 3.56. The molecule has 0 radical (unpaired) electrons. The lowest BCUT2D eigenvalue weighted by molar-refractivity contribution is -0.117. The zero-order valence-electron chi connectivity index (χ0n) is 12.4. The van der Waals surface area contributed by atoms with Crippen molar-refractivity contribution < 1.29 is 9.90 Å². The molecule has 0 fully saturated rings. The third-order valence-corrected chi connectivity index (χ3v) is 3.56. The molecule has 3 nitrogen and oxygen atoms in total. The van der Waals surface area contributed by atoms with E-state index < -0.39 is 6.10 Å². The first kappa shape index (κ1) is 15.3.